The maximum absolute atomic E-state index is 11.0. The smallest absolute Gasteiger partial charge is 0.230 e. The van der Waals surface area contributed by atoms with Crippen molar-refractivity contribution >= 4 is 40.9 Å². The van der Waals surface area contributed by atoms with Crippen molar-refractivity contribution in [1.29, 1.82) is 0 Å². The molecule has 0 radical (unpaired) electrons. The van der Waals surface area contributed by atoms with Gasteiger partial charge in [-0.1, -0.05) is 30.1 Å². The molecule has 0 bridgehead atoms. The Balaban J connectivity index is 2.80. The Kier molecular flexibility index (Phi) is 4.77. The van der Waals surface area contributed by atoms with E-state index in [9.17, 15) is 4.79 Å². The first-order chi connectivity index (χ1) is 7.04. The highest BCUT2D eigenvalue weighted by Crippen LogP contribution is 2.31. The van der Waals surface area contributed by atoms with Crippen LogP contribution in [0, 0.1) is 0 Å². The van der Waals surface area contributed by atoms with E-state index in [0.717, 1.165) is 4.90 Å². The Morgan fingerprint density at radius 2 is 2.13 bits per heavy atom. The van der Waals surface area contributed by atoms with Crippen molar-refractivity contribution in [1.82, 2.24) is 0 Å². The fourth-order valence-electron chi connectivity index (χ4n) is 1.06. The number of thioether (sulfide) groups is 1. The topological polar surface area (TPSA) is 43.1 Å². The summed E-state index contributed by atoms with van der Waals surface area (Å²) in [4.78, 5) is 11.9. The van der Waals surface area contributed by atoms with Crippen LogP contribution in [0.25, 0.3) is 0 Å². The SMILES string of the molecule is CCC(Sc1ccc(Cl)c(Cl)c1)C(N)=O. The summed E-state index contributed by atoms with van der Waals surface area (Å²) in [6, 6.07) is 5.27. The van der Waals surface area contributed by atoms with Crippen LogP contribution >= 0.6 is 35.0 Å². The van der Waals surface area contributed by atoms with Gasteiger partial charge >= 0.3 is 0 Å². The molecule has 0 aliphatic carbocycles. The van der Waals surface area contributed by atoms with Crippen molar-refractivity contribution in [3.05, 3.63) is 28.2 Å². The average molecular weight is 264 g/mol. The molecule has 82 valence electrons. The van der Waals surface area contributed by atoms with Crippen LogP contribution in [0.15, 0.2) is 23.1 Å². The molecular weight excluding hydrogens is 253 g/mol. The first-order valence-corrected chi connectivity index (χ1v) is 6.09. The van der Waals surface area contributed by atoms with Gasteiger partial charge in [0.15, 0.2) is 0 Å². The summed E-state index contributed by atoms with van der Waals surface area (Å²) in [7, 11) is 0. The van der Waals surface area contributed by atoms with Gasteiger partial charge in [-0.05, 0) is 24.6 Å². The number of rotatable bonds is 4. The van der Waals surface area contributed by atoms with Gasteiger partial charge in [0.1, 0.15) is 0 Å². The molecule has 5 heteroatoms. The van der Waals surface area contributed by atoms with E-state index in [4.69, 9.17) is 28.9 Å². The number of halogens is 2. The predicted molar refractivity (Wildman–Crippen MR) is 65.6 cm³/mol. The zero-order valence-corrected chi connectivity index (χ0v) is 10.5. The van der Waals surface area contributed by atoms with Crippen molar-refractivity contribution in [2.24, 2.45) is 5.73 Å². The van der Waals surface area contributed by atoms with Crippen LogP contribution in [-0.4, -0.2) is 11.2 Å². The summed E-state index contributed by atoms with van der Waals surface area (Å²) in [6.07, 6.45) is 0.695. The van der Waals surface area contributed by atoms with Gasteiger partial charge in [-0.25, -0.2) is 0 Å². The van der Waals surface area contributed by atoms with Crippen LogP contribution in [0.2, 0.25) is 10.0 Å². The number of nitrogens with two attached hydrogens (primary N) is 1. The second kappa shape index (κ2) is 5.64. The van der Waals surface area contributed by atoms with Crippen molar-refractivity contribution in [2.75, 3.05) is 0 Å². The monoisotopic (exact) mass is 263 g/mol. The zero-order valence-electron chi connectivity index (χ0n) is 8.17. The molecule has 0 heterocycles. The number of primary amides is 1. The third-order valence-electron chi connectivity index (χ3n) is 1.86. The van der Waals surface area contributed by atoms with Gasteiger partial charge in [0.25, 0.3) is 0 Å². The summed E-state index contributed by atoms with van der Waals surface area (Å²) in [5.74, 6) is -0.312. The quantitative estimate of drug-likeness (QED) is 0.847. The lowest BCUT2D eigenvalue weighted by Gasteiger charge is -2.10. The number of amides is 1. The number of hydrogen-bond acceptors (Lipinski definition) is 2. The Morgan fingerprint density at radius 1 is 1.47 bits per heavy atom. The Morgan fingerprint density at radius 3 is 2.60 bits per heavy atom. The minimum Gasteiger partial charge on any atom is -0.369 e. The molecule has 0 spiro atoms. The van der Waals surface area contributed by atoms with Gasteiger partial charge < -0.3 is 5.73 Å². The highest BCUT2D eigenvalue weighted by atomic mass is 35.5. The molecule has 2 nitrogen and oxygen atoms in total. The first kappa shape index (κ1) is 12.7. The van der Waals surface area contributed by atoms with Gasteiger partial charge in [0, 0.05) is 4.90 Å². The van der Waals surface area contributed by atoms with Gasteiger partial charge in [-0.3, -0.25) is 4.79 Å². The van der Waals surface area contributed by atoms with E-state index in [1.807, 2.05) is 13.0 Å². The van der Waals surface area contributed by atoms with E-state index in [-0.39, 0.29) is 11.2 Å². The van der Waals surface area contributed by atoms with Crippen LogP contribution in [0.3, 0.4) is 0 Å². The van der Waals surface area contributed by atoms with E-state index in [2.05, 4.69) is 0 Å². The van der Waals surface area contributed by atoms with Gasteiger partial charge in [-0.15, -0.1) is 11.8 Å². The first-order valence-electron chi connectivity index (χ1n) is 4.45. The molecule has 0 fully saturated rings. The molecule has 1 aromatic carbocycles. The average Bonchev–Trinajstić information content (AvgIpc) is 2.19. The maximum atomic E-state index is 11.0. The summed E-state index contributed by atoms with van der Waals surface area (Å²) in [5.41, 5.74) is 5.24. The van der Waals surface area contributed by atoms with E-state index in [1.165, 1.54) is 11.8 Å². The summed E-state index contributed by atoms with van der Waals surface area (Å²) >= 11 is 13.0. The van der Waals surface area contributed by atoms with Crippen molar-refractivity contribution in [3.8, 4) is 0 Å². The Bertz CT molecular complexity index is 370. The van der Waals surface area contributed by atoms with Crippen molar-refractivity contribution in [3.63, 3.8) is 0 Å². The molecule has 2 N–H and O–H groups in total. The minimum absolute atomic E-state index is 0.220. The molecular formula is C10H11Cl2NOS. The van der Waals surface area contributed by atoms with Gasteiger partial charge in [0.2, 0.25) is 5.91 Å². The molecule has 1 rings (SSSR count). The number of benzene rings is 1. The largest absolute Gasteiger partial charge is 0.369 e. The van der Waals surface area contributed by atoms with Crippen molar-refractivity contribution < 1.29 is 4.79 Å². The van der Waals surface area contributed by atoms with Crippen LogP contribution in [0.5, 0.6) is 0 Å². The molecule has 0 aliphatic rings. The Hall–Kier alpha value is -0.380. The molecule has 1 amide bonds. The molecule has 1 unspecified atom stereocenters. The number of carbonyl (C=O) groups is 1. The number of carbonyl (C=O) groups excluding carboxylic acids is 1. The molecule has 0 saturated heterocycles. The highest BCUT2D eigenvalue weighted by Gasteiger charge is 2.14. The molecule has 0 aromatic heterocycles. The molecule has 15 heavy (non-hydrogen) atoms. The van der Waals surface area contributed by atoms with Crippen LogP contribution in [0.4, 0.5) is 0 Å². The second-order valence-electron chi connectivity index (χ2n) is 2.99. The Labute approximate surface area is 103 Å². The van der Waals surface area contributed by atoms with E-state index in [1.54, 1.807) is 12.1 Å². The molecule has 1 aromatic rings. The van der Waals surface area contributed by atoms with Crippen LogP contribution in [0.1, 0.15) is 13.3 Å². The second-order valence-corrected chi connectivity index (χ2v) is 5.08. The molecule has 0 saturated carbocycles. The minimum atomic E-state index is -0.312. The molecule has 0 aliphatic heterocycles. The van der Waals surface area contributed by atoms with E-state index < -0.39 is 0 Å². The third kappa shape index (κ3) is 3.59. The van der Waals surface area contributed by atoms with Gasteiger partial charge in [-0.2, -0.15) is 0 Å². The van der Waals surface area contributed by atoms with E-state index >= 15 is 0 Å². The molecule has 1 atom stereocenters. The number of hydrogen-bond donors (Lipinski definition) is 1. The lowest BCUT2D eigenvalue weighted by atomic mass is 10.3. The lowest BCUT2D eigenvalue weighted by molar-refractivity contribution is -0.117. The zero-order chi connectivity index (χ0) is 11.4. The summed E-state index contributed by atoms with van der Waals surface area (Å²) in [6.45, 7) is 1.92. The van der Waals surface area contributed by atoms with Crippen LogP contribution < -0.4 is 5.73 Å². The fourth-order valence-corrected chi connectivity index (χ4v) is 2.36. The lowest BCUT2D eigenvalue weighted by Crippen LogP contribution is -2.24. The predicted octanol–water partition coefficient (Wildman–Crippen LogP) is 3.35. The van der Waals surface area contributed by atoms with Crippen LogP contribution in [-0.2, 0) is 4.79 Å². The van der Waals surface area contributed by atoms with E-state index in [0.29, 0.717) is 16.5 Å². The highest BCUT2D eigenvalue weighted by molar-refractivity contribution is 8.00. The standard InChI is InChI=1S/C10H11Cl2NOS/c1-2-9(10(13)14)15-6-3-4-7(11)8(12)5-6/h3-5,9H,2H2,1H3,(H2,13,14). The maximum Gasteiger partial charge on any atom is 0.230 e. The normalized spacial score (nSPS) is 12.5. The summed E-state index contributed by atoms with van der Waals surface area (Å²) < 4.78 is 0. The van der Waals surface area contributed by atoms with Gasteiger partial charge in [0.05, 0.1) is 15.3 Å². The summed E-state index contributed by atoms with van der Waals surface area (Å²) in [5, 5.41) is 0.774. The third-order valence-corrected chi connectivity index (χ3v) is 3.97. The van der Waals surface area contributed by atoms with Crippen molar-refractivity contribution in [2.45, 2.75) is 23.5 Å². The fraction of sp³-hybridized carbons (Fsp3) is 0.300.